The lowest BCUT2D eigenvalue weighted by atomic mass is 10.2. The summed E-state index contributed by atoms with van der Waals surface area (Å²) in [6.07, 6.45) is 4.67. The van der Waals surface area contributed by atoms with Crippen molar-refractivity contribution in [3.8, 4) is 0 Å². The van der Waals surface area contributed by atoms with E-state index in [1.165, 1.54) is 12.8 Å². The number of aromatic nitrogens is 2. The molecule has 1 aliphatic carbocycles. The minimum absolute atomic E-state index is 0.513. The molecule has 21 heavy (non-hydrogen) atoms. The van der Waals surface area contributed by atoms with Crippen molar-refractivity contribution >= 4 is 11.6 Å². The third-order valence-electron chi connectivity index (χ3n) is 4.29. The summed E-state index contributed by atoms with van der Waals surface area (Å²) < 4.78 is 0. The molecule has 2 N–H and O–H groups in total. The zero-order valence-electron chi connectivity index (χ0n) is 14.0. The molecule has 0 saturated heterocycles. The number of rotatable bonds is 8. The van der Waals surface area contributed by atoms with Crippen LogP contribution < -0.4 is 10.6 Å². The van der Waals surface area contributed by atoms with Crippen molar-refractivity contribution in [2.45, 2.75) is 58.5 Å². The van der Waals surface area contributed by atoms with Gasteiger partial charge in [-0.25, -0.2) is 9.97 Å². The SMILES string of the molecule is CCCc1nc(NC)c(C)c(NCC(C)N(C)C2CC2)n1. The lowest BCUT2D eigenvalue weighted by Gasteiger charge is -2.25. The van der Waals surface area contributed by atoms with Crippen molar-refractivity contribution in [2.75, 3.05) is 31.3 Å². The van der Waals surface area contributed by atoms with Gasteiger partial charge in [0.2, 0.25) is 0 Å². The average molecular weight is 291 g/mol. The average Bonchev–Trinajstić information content (AvgIpc) is 3.31. The van der Waals surface area contributed by atoms with E-state index in [4.69, 9.17) is 0 Å². The summed E-state index contributed by atoms with van der Waals surface area (Å²) in [5.41, 5.74) is 1.10. The van der Waals surface area contributed by atoms with Gasteiger partial charge in [0.15, 0.2) is 0 Å². The summed E-state index contributed by atoms with van der Waals surface area (Å²) >= 11 is 0. The fourth-order valence-corrected chi connectivity index (χ4v) is 2.54. The molecule has 0 spiro atoms. The normalized spacial score (nSPS) is 16.1. The Morgan fingerprint density at radius 1 is 1.29 bits per heavy atom. The Labute approximate surface area is 128 Å². The molecule has 1 aromatic heterocycles. The number of likely N-dealkylation sites (N-methyl/N-ethyl adjacent to an activating group) is 1. The smallest absolute Gasteiger partial charge is 0.134 e. The standard InChI is InChI=1S/C16H29N5/c1-6-7-14-19-15(17-4)12(3)16(20-14)18-10-11(2)21(5)13-8-9-13/h11,13H,6-10H2,1-5H3,(H2,17,18,19,20). The van der Waals surface area contributed by atoms with Crippen LogP contribution in [-0.2, 0) is 6.42 Å². The maximum atomic E-state index is 4.68. The number of nitrogens with zero attached hydrogens (tertiary/aromatic N) is 3. The number of aryl methyl sites for hydroxylation is 1. The van der Waals surface area contributed by atoms with Gasteiger partial charge in [0.05, 0.1) is 0 Å². The number of anilines is 2. The topological polar surface area (TPSA) is 53.1 Å². The van der Waals surface area contributed by atoms with Crippen LogP contribution in [-0.4, -0.2) is 47.6 Å². The zero-order chi connectivity index (χ0) is 15.4. The molecule has 5 heteroatoms. The predicted octanol–water partition coefficient (Wildman–Crippen LogP) is 2.67. The Morgan fingerprint density at radius 2 is 1.95 bits per heavy atom. The summed E-state index contributed by atoms with van der Waals surface area (Å²) in [7, 11) is 4.14. The summed E-state index contributed by atoms with van der Waals surface area (Å²) in [6.45, 7) is 7.41. The maximum absolute atomic E-state index is 4.68. The van der Waals surface area contributed by atoms with Gasteiger partial charge in [-0.05, 0) is 40.2 Å². The van der Waals surface area contributed by atoms with Crippen molar-refractivity contribution in [1.29, 1.82) is 0 Å². The van der Waals surface area contributed by atoms with E-state index in [2.05, 4.69) is 53.3 Å². The highest BCUT2D eigenvalue weighted by Crippen LogP contribution is 2.27. The molecule has 1 unspecified atom stereocenters. The first kappa shape index (κ1) is 16.0. The van der Waals surface area contributed by atoms with Gasteiger partial charge in [0, 0.05) is 37.7 Å². The lowest BCUT2D eigenvalue weighted by Crippen LogP contribution is -2.36. The first-order chi connectivity index (χ1) is 10.1. The van der Waals surface area contributed by atoms with Gasteiger partial charge < -0.3 is 10.6 Å². The first-order valence-electron chi connectivity index (χ1n) is 8.07. The Morgan fingerprint density at radius 3 is 2.52 bits per heavy atom. The van der Waals surface area contributed by atoms with Crippen molar-refractivity contribution in [3.05, 3.63) is 11.4 Å². The summed E-state index contributed by atoms with van der Waals surface area (Å²) in [5, 5.41) is 6.69. The molecule has 0 bridgehead atoms. The van der Waals surface area contributed by atoms with E-state index in [0.717, 1.165) is 48.5 Å². The minimum atomic E-state index is 0.513. The summed E-state index contributed by atoms with van der Waals surface area (Å²) in [6, 6.07) is 1.30. The molecular formula is C16H29N5. The van der Waals surface area contributed by atoms with Crippen LogP contribution in [0.3, 0.4) is 0 Å². The van der Waals surface area contributed by atoms with Gasteiger partial charge in [0.25, 0.3) is 0 Å². The minimum Gasteiger partial charge on any atom is -0.373 e. The Balaban J connectivity index is 2.05. The molecule has 2 rings (SSSR count). The van der Waals surface area contributed by atoms with E-state index < -0.39 is 0 Å². The molecule has 1 fully saturated rings. The second-order valence-electron chi connectivity index (χ2n) is 6.09. The van der Waals surface area contributed by atoms with Crippen LogP contribution in [0.25, 0.3) is 0 Å². The van der Waals surface area contributed by atoms with Gasteiger partial charge in [-0.3, -0.25) is 4.90 Å². The van der Waals surface area contributed by atoms with Crippen LogP contribution in [0.1, 0.15) is 44.5 Å². The number of hydrogen-bond acceptors (Lipinski definition) is 5. The highest BCUT2D eigenvalue weighted by molar-refractivity contribution is 5.57. The summed E-state index contributed by atoms with van der Waals surface area (Å²) in [5.74, 6) is 2.81. The molecule has 118 valence electrons. The summed E-state index contributed by atoms with van der Waals surface area (Å²) in [4.78, 5) is 11.7. The molecule has 1 aromatic rings. The molecular weight excluding hydrogens is 262 g/mol. The highest BCUT2D eigenvalue weighted by Gasteiger charge is 2.29. The van der Waals surface area contributed by atoms with E-state index in [1.807, 2.05) is 7.05 Å². The van der Waals surface area contributed by atoms with Crippen molar-refractivity contribution in [2.24, 2.45) is 0 Å². The maximum Gasteiger partial charge on any atom is 0.134 e. The highest BCUT2D eigenvalue weighted by atomic mass is 15.2. The van der Waals surface area contributed by atoms with Crippen LogP contribution in [0, 0.1) is 6.92 Å². The van der Waals surface area contributed by atoms with E-state index in [0.29, 0.717) is 6.04 Å². The quantitative estimate of drug-likeness (QED) is 0.771. The Bertz CT molecular complexity index is 470. The zero-order valence-corrected chi connectivity index (χ0v) is 14.0. The largest absolute Gasteiger partial charge is 0.373 e. The number of nitrogens with one attached hydrogen (secondary N) is 2. The van der Waals surface area contributed by atoms with E-state index in [-0.39, 0.29) is 0 Å². The molecule has 1 saturated carbocycles. The van der Waals surface area contributed by atoms with Crippen LogP contribution in [0.4, 0.5) is 11.6 Å². The van der Waals surface area contributed by atoms with Gasteiger partial charge in [-0.1, -0.05) is 6.92 Å². The van der Waals surface area contributed by atoms with Crippen LogP contribution >= 0.6 is 0 Å². The van der Waals surface area contributed by atoms with Crippen LogP contribution in [0.2, 0.25) is 0 Å². The second kappa shape index (κ2) is 7.07. The van der Waals surface area contributed by atoms with E-state index >= 15 is 0 Å². The van der Waals surface area contributed by atoms with Crippen LogP contribution in [0.15, 0.2) is 0 Å². The van der Waals surface area contributed by atoms with E-state index in [9.17, 15) is 0 Å². The third-order valence-corrected chi connectivity index (χ3v) is 4.29. The predicted molar refractivity (Wildman–Crippen MR) is 89.0 cm³/mol. The Kier molecular flexibility index (Phi) is 5.39. The van der Waals surface area contributed by atoms with Crippen molar-refractivity contribution in [3.63, 3.8) is 0 Å². The van der Waals surface area contributed by atoms with Gasteiger partial charge in [0.1, 0.15) is 17.5 Å². The van der Waals surface area contributed by atoms with Gasteiger partial charge >= 0.3 is 0 Å². The fraction of sp³-hybridized carbons (Fsp3) is 0.750. The van der Waals surface area contributed by atoms with Gasteiger partial charge in [-0.15, -0.1) is 0 Å². The molecule has 1 heterocycles. The number of hydrogen-bond donors (Lipinski definition) is 2. The molecule has 0 aromatic carbocycles. The van der Waals surface area contributed by atoms with Crippen molar-refractivity contribution < 1.29 is 0 Å². The second-order valence-corrected chi connectivity index (χ2v) is 6.09. The lowest BCUT2D eigenvalue weighted by molar-refractivity contribution is 0.257. The Hall–Kier alpha value is -1.36. The molecule has 0 amide bonds. The van der Waals surface area contributed by atoms with E-state index in [1.54, 1.807) is 0 Å². The molecule has 5 nitrogen and oxygen atoms in total. The first-order valence-corrected chi connectivity index (χ1v) is 8.07. The third kappa shape index (κ3) is 4.06. The molecule has 0 radical (unpaired) electrons. The van der Waals surface area contributed by atoms with Gasteiger partial charge in [-0.2, -0.15) is 0 Å². The fourth-order valence-electron chi connectivity index (χ4n) is 2.54. The molecule has 1 atom stereocenters. The molecule has 0 aliphatic heterocycles. The molecule has 1 aliphatic rings. The van der Waals surface area contributed by atoms with Crippen molar-refractivity contribution in [1.82, 2.24) is 14.9 Å². The van der Waals surface area contributed by atoms with Crippen LogP contribution in [0.5, 0.6) is 0 Å². The monoisotopic (exact) mass is 291 g/mol.